The summed E-state index contributed by atoms with van der Waals surface area (Å²) in [6.45, 7) is 2.28. The monoisotopic (exact) mass is 274 g/mol. The van der Waals surface area contributed by atoms with Crippen molar-refractivity contribution in [3.05, 3.63) is 29.8 Å². The first-order chi connectivity index (χ1) is 9.76. The first-order valence-electron chi connectivity index (χ1n) is 8.21. The van der Waals surface area contributed by atoms with E-state index < -0.39 is 0 Å². The molecule has 1 N–H and O–H groups in total. The first-order valence-corrected chi connectivity index (χ1v) is 8.21. The maximum absolute atomic E-state index is 10.5. The molecular formula is C18H26O2. The Labute approximate surface area is 122 Å². The van der Waals surface area contributed by atoms with E-state index in [-0.39, 0.29) is 6.10 Å². The fourth-order valence-electron chi connectivity index (χ4n) is 3.31. The van der Waals surface area contributed by atoms with E-state index in [4.69, 9.17) is 4.74 Å². The Morgan fingerprint density at radius 3 is 2.25 bits per heavy atom. The maximum Gasteiger partial charge on any atom is 0.119 e. The van der Waals surface area contributed by atoms with E-state index in [1.807, 2.05) is 24.3 Å². The van der Waals surface area contributed by atoms with Crippen LogP contribution in [-0.2, 0) is 0 Å². The van der Waals surface area contributed by atoms with E-state index in [2.05, 4.69) is 6.92 Å². The highest BCUT2D eigenvalue weighted by Crippen LogP contribution is 2.38. The molecule has 2 aliphatic rings. The lowest BCUT2D eigenvalue weighted by Gasteiger charge is -2.31. The molecule has 2 heteroatoms. The third kappa shape index (κ3) is 3.35. The molecule has 1 aromatic rings. The normalized spacial score (nSPS) is 28.1. The molecule has 2 saturated carbocycles. The molecular weight excluding hydrogens is 248 g/mol. The van der Waals surface area contributed by atoms with Crippen LogP contribution >= 0.6 is 0 Å². The van der Waals surface area contributed by atoms with E-state index in [0.717, 1.165) is 17.2 Å². The molecule has 0 bridgehead atoms. The van der Waals surface area contributed by atoms with Crippen LogP contribution in [0.3, 0.4) is 0 Å². The quantitative estimate of drug-likeness (QED) is 0.858. The molecule has 0 aliphatic heterocycles. The van der Waals surface area contributed by atoms with Crippen molar-refractivity contribution in [2.45, 2.75) is 64.1 Å². The predicted molar refractivity (Wildman–Crippen MR) is 80.8 cm³/mol. The van der Waals surface area contributed by atoms with Gasteiger partial charge in [-0.25, -0.2) is 0 Å². The third-order valence-electron chi connectivity index (χ3n) is 4.96. The number of rotatable bonds is 5. The van der Waals surface area contributed by atoms with Gasteiger partial charge >= 0.3 is 0 Å². The summed E-state index contributed by atoms with van der Waals surface area (Å²) in [7, 11) is 0. The van der Waals surface area contributed by atoms with E-state index in [9.17, 15) is 5.11 Å². The van der Waals surface area contributed by atoms with Crippen molar-refractivity contribution in [3.8, 4) is 5.75 Å². The SMILES string of the molecule is CCC1CCC(C(O)c2ccc(OC3CC3)cc2)CC1. The summed E-state index contributed by atoms with van der Waals surface area (Å²) in [4.78, 5) is 0. The van der Waals surface area contributed by atoms with Gasteiger partial charge in [0.15, 0.2) is 0 Å². The maximum atomic E-state index is 10.5. The van der Waals surface area contributed by atoms with Crippen LogP contribution in [0.1, 0.15) is 63.5 Å². The highest BCUT2D eigenvalue weighted by atomic mass is 16.5. The average molecular weight is 274 g/mol. The average Bonchev–Trinajstić information content (AvgIpc) is 3.31. The van der Waals surface area contributed by atoms with Gasteiger partial charge in [-0.2, -0.15) is 0 Å². The Kier molecular flexibility index (Phi) is 4.30. The van der Waals surface area contributed by atoms with Crippen molar-refractivity contribution >= 4 is 0 Å². The van der Waals surface area contributed by atoms with Crippen molar-refractivity contribution in [2.24, 2.45) is 11.8 Å². The molecule has 1 unspecified atom stereocenters. The summed E-state index contributed by atoms with van der Waals surface area (Å²) in [5, 5.41) is 10.5. The zero-order valence-corrected chi connectivity index (χ0v) is 12.4. The van der Waals surface area contributed by atoms with Gasteiger partial charge in [-0.1, -0.05) is 38.3 Å². The molecule has 2 nitrogen and oxygen atoms in total. The van der Waals surface area contributed by atoms with Gasteiger partial charge in [0.1, 0.15) is 5.75 Å². The third-order valence-corrected chi connectivity index (χ3v) is 4.96. The number of hydrogen-bond donors (Lipinski definition) is 1. The Hall–Kier alpha value is -1.02. The number of hydrogen-bond acceptors (Lipinski definition) is 2. The van der Waals surface area contributed by atoms with Gasteiger partial charge in [-0.15, -0.1) is 0 Å². The highest BCUT2D eigenvalue weighted by molar-refractivity contribution is 5.29. The van der Waals surface area contributed by atoms with Gasteiger partial charge in [0.2, 0.25) is 0 Å². The van der Waals surface area contributed by atoms with E-state index in [0.29, 0.717) is 12.0 Å². The van der Waals surface area contributed by atoms with Gasteiger partial charge in [0.25, 0.3) is 0 Å². The number of aliphatic hydroxyl groups is 1. The van der Waals surface area contributed by atoms with E-state index >= 15 is 0 Å². The number of benzene rings is 1. The van der Waals surface area contributed by atoms with Gasteiger partial charge in [0.05, 0.1) is 12.2 Å². The predicted octanol–water partition coefficient (Wildman–Crippen LogP) is 4.48. The minimum atomic E-state index is -0.303. The fraction of sp³-hybridized carbons (Fsp3) is 0.667. The van der Waals surface area contributed by atoms with Gasteiger partial charge < -0.3 is 9.84 Å². The molecule has 20 heavy (non-hydrogen) atoms. The Bertz CT molecular complexity index is 414. The summed E-state index contributed by atoms with van der Waals surface area (Å²) in [6, 6.07) is 8.09. The second-order valence-electron chi connectivity index (χ2n) is 6.52. The van der Waals surface area contributed by atoms with Gasteiger partial charge in [0, 0.05) is 0 Å². The van der Waals surface area contributed by atoms with E-state index in [1.165, 1.54) is 44.9 Å². The summed E-state index contributed by atoms with van der Waals surface area (Å²) in [5.74, 6) is 2.26. The van der Waals surface area contributed by atoms with Crippen molar-refractivity contribution in [1.29, 1.82) is 0 Å². The molecule has 0 radical (unpaired) electrons. The van der Waals surface area contributed by atoms with Crippen molar-refractivity contribution < 1.29 is 9.84 Å². The Morgan fingerprint density at radius 2 is 1.70 bits per heavy atom. The summed E-state index contributed by atoms with van der Waals surface area (Å²) >= 11 is 0. The van der Waals surface area contributed by atoms with Crippen molar-refractivity contribution in [2.75, 3.05) is 0 Å². The zero-order chi connectivity index (χ0) is 13.9. The Balaban J connectivity index is 1.57. The van der Waals surface area contributed by atoms with Crippen LogP contribution in [0.2, 0.25) is 0 Å². The second kappa shape index (κ2) is 6.17. The molecule has 2 fully saturated rings. The topological polar surface area (TPSA) is 29.5 Å². The standard InChI is InChI=1S/C18H26O2/c1-2-13-3-5-14(6-4-13)18(19)15-7-9-16(10-8-15)20-17-11-12-17/h7-10,13-14,17-19H,2-6,11-12H2,1H3. The minimum Gasteiger partial charge on any atom is -0.490 e. The van der Waals surface area contributed by atoms with Crippen LogP contribution in [0.25, 0.3) is 0 Å². The molecule has 0 aromatic heterocycles. The van der Waals surface area contributed by atoms with Gasteiger partial charge in [-0.05, 0) is 55.2 Å². The smallest absolute Gasteiger partial charge is 0.119 e. The largest absolute Gasteiger partial charge is 0.490 e. The lowest BCUT2D eigenvalue weighted by molar-refractivity contribution is 0.0729. The molecule has 110 valence electrons. The Morgan fingerprint density at radius 1 is 1.05 bits per heavy atom. The molecule has 0 spiro atoms. The van der Waals surface area contributed by atoms with E-state index in [1.54, 1.807) is 0 Å². The molecule has 0 amide bonds. The highest BCUT2D eigenvalue weighted by Gasteiger charge is 2.27. The summed E-state index contributed by atoms with van der Waals surface area (Å²) in [6.07, 6.45) is 8.69. The minimum absolute atomic E-state index is 0.303. The van der Waals surface area contributed by atoms with Crippen LogP contribution in [-0.4, -0.2) is 11.2 Å². The molecule has 1 atom stereocenters. The van der Waals surface area contributed by atoms with Crippen LogP contribution in [0, 0.1) is 11.8 Å². The summed E-state index contributed by atoms with van der Waals surface area (Å²) < 4.78 is 5.75. The first kappa shape index (κ1) is 13.9. The lowest BCUT2D eigenvalue weighted by Crippen LogP contribution is -2.20. The van der Waals surface area contributed by atoms with Gasteiger partial charge in [-0.3, -0.25) is 0 Å². The molecule has 1 aromatic carbocycles. The molecule has 0 saturated heterocycles. The fourth-order valence-corrected chi connectivity index (χ4v) is 3.31. The molecule has 3 rings (SSSR count). The van der Waals surface area contributed by atoms with Crippen molar-refractivity contribution in [1.82, 2.24) is 0 Å². The summed E-state index contributed by atoms with van der Waals surface area (Å²) in [5.41, 5.74) is 1.05. The van der Waals surface area contributed by atoms with Crippen LogP contribution < -0.4 is 4.74 Å². The molecule has 0 heterocycles. The lowest BCUT2D eigenvalue weighted by atomic mass is 9.77. The number of aliphatic hydroxyl groups excluding tert-OH is 1. The zero-order valence-electron chi connectivity index (χ0n) is 12.4. The van der Waals surface area contributed by atoms with Crippen LogP contribution in [0.4, 0.5) is 0 Å². The van der Waals surface area contributed by atoms with Crippen LogP contribution in [0.15, 0.2) is 24.3 Å². The van der Waals surface area contributed by atoms with Crippen LogP contribution in [0.5, 0.6) is 5.75 Å². The van der Waals surface area contributed by atoms with Crippen molar-refractivity contribution in [3.63, 3.8) is 0 Å². The second-order valence-corrected chi connectivity index (χ2v) is 6.52. The molecule has 2 aliphatic carbocycles. The number of ether oxygens (including phenoxy) is 1.